The van der Waals surface area contributed by atoms with E-state index in [4.69, 9.17) is 4.52 Å². The van der Waals surface area contributed by atoms with Gasteiger partial charge in [0.25, 0.3) is 0 Å². The van der Waals surface area contributed by atoms with E-state index < -0.39 is 0 Å². The number of benzene rings is 1. The van der Waals surface area contributed by atoms with Crippen LogP contribution in [0.1, 0.15) is 35.8 Å². The van der Waals surface area contributed by atoms with Gasteiger partial charge in [0, 0.05) is 18.7 Å². The molecule has 1 unspecified atom stereocenters. The van der Waals surface area contributed by atoms with Gasteiger partial charge in [0.05, 0.1) is 0 Å². The quantitative estimate of drug-likeness (QED) is 0.848. The number of hydrogen-bond acceptors (Lipinski definition) is 3. The second kappa shape index (κ2) is 7.32. The zero-order valence-corrected chi connectivity index (χ0v) is 15.6. The number of aromatic nitrogens is 1. The minimum absolute atomic E-state index is 0.172. The van der Waals surface area contributed by atoms with Crippen LogP contribution in [0.5, 0.6) is 0 Å². The Kier molecular flexibility index (Phi) is 5.11. The van der Waals surface area contributed by atoms with E-state index in [1.807, 2.05) is 32.9 Å². The molecule has 5 nitrogen and oxygen atoms in total. The Hall–Kier alpha value is -2.63. The summed E-state index contributed by atoms with van der Waals surface area (Å²) in [5.74, 6) is 1.15. The first-order chi connectivity index (χ1) is 12.3. The van der Waals surface area contributed by atoms with Gasteiger partial charge in [-0.1, -0.05) is 29.8 Å². The van der Waals surface area contributed by atoms with E-state index in [-0.39, 0.29) is 17.8 Å². The van der Waals surface area contributed by atoms with Gasteiger partial charge in [0.1, 0.15) is 11.6 Å². The molecular formula is C20H24FN3O2. The summed E-state index contributed by atoms with van der Waals surface area (Å²) in [6, 6.07) is 4.86. The molecule has 6 heteroatoms. The zero-order valence-electron chi connectivity index (χ0n) is 15.6. The van der Waals surface area contributed by atoms with Gasteiger partial charge in [-0.3, -0.25) is 5.32 Å². The molecule has 1 N–H and O–H groups in total. The van der Waals surface area contributed by atoms with Gasteiger partial charge < -0.3 is 9.42 Å². The molecule has 138 valence electrons. The number of urea groups is 1. The van der Waals surface area contributed by atoms with E-state index in [0.29, 0.717) is 24.7 Å². The largest absolute Gasteiger partial charge is 0.359 e. The molecule has 0 aliphatic carbocycles. The molecule has 0 radical (unpaired) electrons. The van der Waals surface area contributed by atoms with E-state index in [0.717, 1.165) is 23.1 Å². The smallest absolute Gasteiger partial charge is 0.323 e. The van der Waals surface area contributed by atoms with Crippen molar-refractivity contribution in [3.63, 3.8) is 0 Å². The Balaban J connectivity index is 1.67. The van der Waals surface area contributed by atoms with Crippen molar-refractivity contribution in [2.24, 2.45) is 5.92 Å². The number of likely N-dealkylation sites (tertiary alicyclic amines) is 1. The molecule has 1 aromatic carbocycles. The Labute approximate surface area is 152 Å². The molecule has 1 aliphatic rings. The fourth-order valence-electron chi connectivity index (χ4n) is 3.23. The number of rotatable bonds is 2. The van der Waals surface area contributed by atoms with Crippen molar-refractivity contribution in [2.75, 3.05) is 18.4 Å². The second-order valence-electron chi connectivity index (χ2n) is 7.02. The van der Waals surface area contributed by atoms with Gasteiger partial charge in [-0.05, 0) is 56.4 Å². The van der Waals surface area contributed by atoms with Crippen LogP contribution >= 0.6 is 0 Å². The van der Waals surface area contributed by atoms with Crippen LogP contribution in [0.4, 0.5) is 15.0 Å². The number of carbonyl (C=O) groups excluding carboxylic acids is 1. The number of nitrogens with one attached hydrogen (secondary N) is 1. The minimum Gasteiger partial charge on any atom is -0.359 e. The van der Waals surface area contributed by atoms with Crippen molar-refractivity contribution in [2.45, 2.75) is 34.1 Å². The maximum absolute atomic E-state index is 13.6. The molecular weight excluding hydrogens is 333 g/mol. The van der Waals surface area contributed by atoms with Gasteiger partial charge in [-0.2, -0.15) is 0 Å². The first kappa shape index (κ1) is 18.2. The van der Waals surface area contributed by atoms with Crippen molar-refractivity contribution in [3.05, 3.63) is 52.0 Å². The van der Waals surface area contributed by atoms with Crippen molar-refractivity contribution in [1.29, 1.82) is 0 Å². The highest BCUT2D eigenvalue weighted by Gasteiger charge is 2.25. The van der Waals surface area contributed by atoms with E-state index in [1.54, 1.807) is 11.0 Å². The van der Waals surface area contributed by atoms with Gasteiger partial charge in [-0.15, -0.1) is 0 Å². The summed E-state index contributed by atoms with van der Waals surface area (Å²) in [4.78, 5) is 14.3. The molecule has 2 heterocycles. The number of aryl methyl sites for hydroxylation is 2. The summed E-state index contributed by atoms with van der Waals surface area (Å²) in [5.41, 5.74) is 3.84. The lowest BCUT2D eigenvalue weighted by atomic mass is 9.91. The highest BCUT2D eigenvalue weighted by Crippen LogP contribution is 2.26. The van der Waals surface area contributed by atoms with Gasteiger partial charge in [0.15, 0.2) is 5.82 Å². The lowest BCUT2D eigenvalue weighted by molar-refractivity contribution is 0.197. The number of hydrogen-bond donors (Lipinski definition) is 1. The van der Waals surface area contributed by atoms with Crippen molar-refractivity contribution in [1.82, 2.24) is 10.1 Å². The Bertz CT molecular complexity index is 836. The lowest BCUT2D eigenvalue weighted by Crippen LogP contribution is -2.42. The topological polar surface area (TPSA) is 58.4 Å². The number of anilines is 1. The third kappa shape index (κ3) is 3.95. The first-order valence-electron chi connectivity index (χ1n) is 8.80. The number of nitrogens with zero attached hydrogens (tertiary/aromatic N) is 2. The number of carbonyl (C=O) groups is 1. The van der Waals surface area contributed by atoms with Crippen molar-refractivity contribution < 1.29 is 13.7 Å². The Morgan fingerprint density at radius 2 is 2.12 bits per heavy atom. The molecule has 26 heavy (non-hydrogen) atoms. The van der Waals surface area contributed by atoms with E-state index in [1.165, 1.54) is 11.6 Å². The normalized spacial score (nSPS) is 19.0. The predicted octanol–water partition coefficient (Wildman–Crippen LogP) is 4.70. The van der Waals surface area contributed by atoms with Crippen LogP contribution in [-0.4, -0.2) is 29.2 Å². The van der Waals surface area contributed by atoms with Crippen LogP contribution in [0, 0.1) is 32.5 Å². The van der Waals surface area contributed by atoms with Crippen LogP contribution in [0.15, 0.2) is 28.3 Å². The standard InChI is InChI=1S/C20H24FN3O2/c1-12-7-16(10-18(21)8-12)9-17-5-6-24(11-13(17)2)20(25)22-19-14(3)15(4)26-23-19/h7-10,13H,5-6,11H2,1-4H3,(H,22,23,25). The maximum atomic E-state index is 13.6. The molecule has 1 aromatic heterocycles. The van der Waals surface area contributed by atoms with Crippen LogP contribution in [0.3, 0.4) is 0 Å². The summed E-state index contributed by atoms with van der Waals surface area (Å²) in [6.45, 7) is 8.88. The average Bonchev–Trinajstić information content (AvgIpc) is 2.88. The average molecular weight is 357 g/mol. The summed E-state index contributed by atoms with van der Waals surface area (Å²) in [7, 11) is 0. The third-order valence-corrected chi connectivity index (χ3v) is 4.88. The number of amides is 2. The third-order valence-electron chi connectivity index (χ3n) is 4.88. The summed E-state index contributed by atoms with van der Waals surface area (Å²) in [6.07, 6.45) is 2.81. The van der Waals surface area contributed by atoms with Gasteiger partial charge in [0.2, 0.25) is 0 Å². The fourth-order valence-corrected chi connectivity index (χ4v) is 3.23. The second-order valence-corrected chi connectivity index (χ2v) is 7.02. The molecule has 2 aromatic rings. The number of halogens is 1. The first-order valence-corrected chi connectivity index (χ1v) is 8.80. The molecule has 0 saturated carbocycles. The summed E-state index contributed by atoms with van der Waals surface area (Å²) >= 11 is 0. The van der Waals surface area contributed by atoms with Crippen LogP contribution in [0.2, 0.25) is 0 Å². The number of piperidine rings is 1. The van der Waals surface area contributed by atoms with Crippen molar-refractivity contribution in [3.8, 4) is 0 Å². The predicted molar refractivity (Wildman–Crippen MR) is 99.5 cm³/mol. The molecule has 1 aliphatic heterocycles. The maximum Gasteiger partial charge on any atom is 0.323 e. The fraction of sp³-hybridized carbons (Fsp3) is 0.400. The van der Waals surface area contributed by atoms with E-state index in [9.17, 15) is 9.18 Å². The highest BCUT2D eigenvalue weighted by molar-refractivity contribution is 5.89. The van der Waals surface area contributed by atoms with Crippen LogP contribution < -0.4 is 5.32 Å². The molecule has 3 rings (SSSR count). The Morgan fingerprint density at radius 1 is 1.35 bits per heavy atom. The van der Waals surface area contributed by atoms with Crippen molar-refractivity contribution >= 4 is 17.9 Å². The van der Waals surface area contributed by atoms with Crippen LogP contribution in [-0.2, 0) is 0 Å². The molecule has 0 spiro atoms. The summed E-state index contributed by atoms with van der Waals surface area (Å²) < 4.78 is 18.7. The lowest BCUT2D eigenvalue weighted by Gasteiger charge is -2.33. The summed E-state index contributed by atoms with van der Waals surface area (Å²) in [5, 5.41) is 6.69. The minimum atomic E-state index is -0.223. The molecule has 1 saturated heterocycles. The van der Waals surface area contributed by atoms with Crippen LogP contribution in [0.25, 0.3) is 6.08 Å². The Morgan fingerprint density at radius 3 is 2.73 bits per heavy atom. The van der Waals surface area contributed by atoms with E-state index in [2.05, 4.69) is 17.4 Å². The monoisotopic (exact) mass is 357 g/mol. The SMILES string of the molecule is Cc1cc(F)cc(C=C2CCN(C(=O)Nc3noc(C)c3C)CC2C)c1. The molecule has 2 amide bonds. The zero-order chi connectivity index (χ0) is 18.8. The van der Waals surface area contributed by atoms with Gasteiger partial charge in [-0.25, -0.2) is 9.18 Å². The molecule has 1 atom stereocenters. The molecule has 0 bridgehead atoms. The van der Waals surface area contributed by atoms with Gasteiger partial charge >= 0.3 is 6.03 Å². The van der Waals surface area contributed by atoms with E-state index >= 15 is 0 Å². The molecule has 1 fully saturated rings. The highest BCUT2D eigenvalue weighted by atomic mass is 19.1.